The molecule has 3 rings (SSSR count). The fourth-order valence-electron chi connectivity index (χ4n) is 2.42. The van der Waals surface area contributed by atoms with Crippen LogP contribution in [0.3, 0.4) is 0 Å². The average molecular weight is 265 g/mol. The highest BCUT2D eigenvalue weighted by Gasteiger charge is 2.40. The number of nitrogens with zero attached hydrogens (tertiary/aromatic N) is 3. The standard InChI is InChI=1S/C11H11N3O5/c15-9-1-2-13-8(9)5-19-10-7(11(13)16)3-6(4-12-10)14(17)18/h3-4,8-9,15H,1-2,5H2/t8-,9-/m0/s1. The third kappa shape index (κ3) is 1.80. The van der Waals surface area contributed by atoms with E-state index < -0.39 is 17.1 Å². The van der Waals surface area contributed by atoms with Crippen LogP contribution >= 0.6 is 0 Å². The number of aromatic nitrogens is 1. The number of amides is 1. The molecule has 8 nitrogen and oxygen atoms in total. The number of pyridine rings is 1. The molecule has 1 saturated heterocycles. The second kappa shape index (κ2) is 4.16. The summed E-state index contributed by atoms with van der Waals surface area (Å²) in [7, 11) is 0. The van der Waals surface area contributed by atoms with Crippen LogP contribution in [-0.4, -0.2) is 51.1 Å². The fourth-order valence-corrected chi connectivity index (χ4v) is 2.42. The van der Waals surface area contributed by atoms with Gasteiger partial charge in [0.15, 0.2) is 0 Å². The zero-order valence-corrected chi connectivity index (χ0v) is 9.85. The number of hydrogen-bond donors (Lipinski definition) is 1. The molecule has 1 fully saturated rings. The van der Waals surface area contributed by atoms with E-state index in [4.69, 9.17) is 4.74 Å². The Bertz CT molecular complexity index is 561. The van der Waals surface area contributed by atoms with E-state index in [1.165, 1.54) is 4.90 Å². The van der Waals surface area contributed by atoms with Gasteiger partial charge in [0.25, 0.3) is 11.6 Å². The third-order valence-corrected chi connectivity index (χ3v) is 3.44. The molecule has 0 radical (unpaired) electrons. The number of ether oxygens (including phenoxy) is 1. The summed E-state index contributed by atoms with van der Waals surface area (Å²) in [5, 5.41) is 20.5. The predicted octanol–water partition coefficient (Wildman–Crippen LogP) is -0.0424. The van der Waals surface area contributed by atoms with Gasteiger partial charge in [-0.25, -0.2) is 4.98 Å². The molecule has 100 valence electrons. The van der Waals surface area contributed by atoms with Gasteiger partial charge in [-0.2, -0.15) is 0 Å². The molecule has 2 aliphatic heterocycles. The number of hydrogen-bond acceptors (Lipinski definition) is 6. The first-order valence-electron chi connectivity index (χ1n) is 5.84. The lowest BCUT2D eigenvalue weighted by Gasteiger charge is -2.22. The van der Waals surface area contributed by atoms with E-state index >= 15 is 0 Å². The lowest BCUT2D eigenvalue weighted by molar-refractivity contribution is -0.385. The minimum absolute atomic E-state index is 0.0748. The highest BCUT2D eigenvalue weighted by molar-refractivity contribution is 5.97. The second-order valence-electron chi connectivity index (χ2n) is 4.54. The normalized spacial score (nSPS) is 25.3. The molecule has 0 bridgehead atoms. The van der Waals surface area contributed by atoms with Gasteiger partial charge in [-0.3, -0.25) is 14.9 Å². The van der Waals surface area contributed by atoms with E-state index in [-0.39, 0.29) is 29.6 Å². The van der Waals surface area contributed by atoms with Crippen molar-refractivity contribution in [2.75, 3.05) is 13.2 Å². The Kier molecular flexibility index (Phi) is 2.59. The van der Waals surface area contributed by atoms with Crippen LogP contribution in [0.5, 0.6) is 5.88 Å². The summed E-state index contributed by atoms with van der Waals surface area (Å²) < 4.78 is 5.38. The van der Waals surface area contributed by atoms with Crippen molar-refractivity contribution in [3.8, 4) is 5.88 Å². The van der Waals surface area contributed by atoms with Crippen LogP contribution in [0.25, 0.3) is 0 Å². The van der Waals surface area contributed by atoms with Gasteiger partial charge in [-0.1, -0.05) is 0 Å². The van der Waals surface area contributed by atoms with Gasteiger partial charge in [0.2, 0.25) is 5.88 Å². The van der Waals surface area contributed by atoms with Crippen molar-refractivity contribution in [1.82, 2.24) is 9.88 Å². The maximum absolute atomic E-state index is 12.3. The van der Waals surface area contributed by atoms with Gasteiger partial charge in [0, 0.05) is 12.6 Å². The van der Waals surface area contributed by atoms with Gasteiger partial charge >= 0.3 is 0 Å². The van der Waals surface area contributed by atoms with Crippen molar-refractivity contribution in [1.29, 1.82) is 0 Å². The van der Waals surface area contributed by atoms with Crippen molar-refractivity contribution < 1.29 is 19.6 Å². The molecule has 0 aromatic carbocycles. The quantitative estimate of drug-likeness (QED) is 0.564. The molecule has 0 aliphatic carbocycles. The fraction of sp³-hybridized carbons (Fsp3) is 0.455. The summed E-state index contributed by atoms with van der Waals surface area (Å²) in [6, 6.07) is 0.748. The van der Waals surface area contributed by atoms with Crippen LogP contribution in [0.1, 0.15) is 16.8 Å². The van der Waals surface area contributed by atoms with E-state index in [1.54, 1.807) is 0 Å². The second-order valence-corrected chi connectivity index (χ2v) is 4.54. The average Bonchev–Trinajstić information content (AvgIpc) is 2.69. The van der Waals surface area contributed by atoms with Gasteiger partial charge in [-0.15, -0.1) is 0 Å². The smallest absolute Gasteiger partial charge is 0.288 e. The number of fused-ring (bicyclic) bond motifs is 2. The summed E-state index contributed by atoms with van der Waals surface area (Å²) in [6.07, 6.45) is 0.907. The molecular weight excluding hydrogens is 254 g/mol. The van der Waals surface area contributed by atoms with E-state index in [2.05, 4.69) is 4.98 Å². The summed E-state index contributed by atoms with van der Waals surface area (Å²) in [6.45, 7) is 0.556. The van der Waals surface area contributed by atoms with Gasteiger partial charge < -0.3 is 14.7 Å². The largest absolute Gasteiger partial charge is 0.475 e. The Morgan fingerprint density at radius 2 is 2.37 bits per heavy atom. The molecule has 1 amide bonds. The molecule has 2 atom stereocenters. The summed E-state index contributed by atoms with van der Waals surface area (Å²) in [4.78, 5) is 27.7. The molecule has 2 aliphatic rings. The molecule has 1 aromatic heterocycles. The molecule has 0 saturated carbocycles. The first kappa shape index (κ1) is 11.8. The zero-order valence-electron chi connectivity index (χ0n) is 9.85. The van der Waals surface area contributed by atoms with E-state index in [0.717, 1.165) is 12.3 Å². The van der Waals surface area contributed by atoms with Crippen LogP contribution in [0.2, 0.25) is 0 Å². The first-order chi connectivity index (χ1) is 9.08. The number of carbonyl (C=O) groups excluding carboxylic acids is 1. The van der Waals surface area contributed by atoms with Crippen LogP contribution < -0.4 is 4.74 Å². The lowest BCUT2D eigenvalue weighted by Crippen LogP contribution is -2.41. The third-order valence-electron chi connectivity index (χ3n) is 3.44. The van der Waals surface area contributed by atoms with Gasteiger partial charge in [0.1, 0.15) is 18.4 Å². The number of aliphatic hydroxyl groups excluding tert-OH is 1. The molecule has 1 aromatic rings. The number of aliphatic hydroxyl groups is 1. The maximum atomic E-state index is 12.3. The van der Waals surface area contributed by atoms with Crippen LogP contribution in [0.15, 0.2) is 12.3 Å². The van der Waals surface area contributed by atoms with Crippen molar-refractivity contribution in [2.45, 2.75) is 18.6 Å². The van der Waals surface area contributed by atoms with Crippen molar-refractivity contribution in [3.63, 3.8) is 0 Å². The van der Waals surface area contributed by atoms with Crippen molar-refractivity contribution >= 4 is 11.6 Å². The molecule has 8 heteroatoms. The van der Waals surface area contributed by atoms with E-state index in [1.807, 2.05) is 0 Å². The predicted molar refractivity (Wildman–Crippen MR) is 61.8 cm³/mol. The summed E-state index contributed by atoms with van der Waals surface area (Å²) >= 11 is 0. The Balaban J connectivity index is 2.03. The van der Waals surface area contributed by atoms with E-state index in [9.17, 15) is 20.0 Å². The molecule has 1 N–H and O–H groups in total. The summed E-state index contributed by atoms with van der Waals surface area (Å²) in [5.41, 5.74) is -0.181. The molecule has 3 heterocycles. The Labute approximate surface area is 107 Å². The van der Waals surface area contributed by atoms with Crippen molar-refractivity contribution in [2.24, 2.45) is 0 Å². The molecule has 19 heavy (non-hydrogen) atoms. The van der Waals surface area contributed by atoms with Crippen LogP contribution in [0, 0.1) is 10.1 Å². The number of rotatable bonds is 1. The molecule has 0 spiro atoms. The zero-order chi connectivity index (χ0) is 13.6. The monoisotopic (exact) mass is 265 g/mol. The van der Waals surface area contributed by atoms with Gasteiger partial charge in [-0.05, 0) is 6.42 Å². The lowest BCUT2D eigenvalue weighted by atomic mass is 10.2. The van der Waals surface area contributed by atoms with Crippen LogP contribution in [0.4, 0.5) is 5.69 Å². The topological polar surface area (TPSA) is 106 Å². The number of carbonyl (C=O) groups is 1. The Morgan fingerprint density at radius 3 is 3.11 bits per heavy atom. The van der Waals surface area contributed by atoms with Gasteiger partial charge in [0.05, 0.1) is 17.1 Å². The highest BCUT2D eigenvalue weighted by Crippen LogP contribution is 2.30. The minimum atomic E-state index is -0.631. The Hall–Kier alpha value is -2.22. The first-order valence-corrected chi connectivity index (χ1v) is 5.84. The Morgan fingerprint density at radius 1 is 1.58 bits per heavy atom. The highest BCUT2D eigenvalue weighted by atomic mass is 16.6. The molecular formula is C11H11N3O5. The van der Waals surface area contributed by atoms with Crippen LogP contribution in [-0.2, 0) is 0 Å². The minimum Gasteiger partial charge on any atom is -0.475 e. The number of nitro groups is 1. The summed E-state index contributed by atoms with van der Waals surface area (Å²) in [5.74, 6) is -0.303. The molecule has 0 unspecified atom stereocenters. The SMILES string of the molecule is O=C1c2cc([N+](=O)[O-])cnc2OC[C@H]2[C@@H](O)CCN12. The maximum Gasteiger partial charge on any atom is 0.288 e. The van der Waals surface area contributed by atoms with E-state index in [0.29, 0.717) is 13.0 Å². The van der Waals surface area contributed by atoms with Crippen molar-refractivity contribution in [3.05, 3.63) is 27.9 Å².